The molecule has 3 unspecified atom stereocenters. The zero-order chi connectivity index (χ0) is 13.9. The minimum absolute atomic E-state index is 0.165. The van der Waals surface area contributed by atoms with Gasteiger partial charge in [-0.25, -0.2) is 4.98 Å². The molecule has 3 atom stereocenters. The summed E-state index contributed by atoms with van der Waals surface area (Å²) in [4.78, 5) is 6.53. The van der Waals surface area contributed by atoms with Gasteiger partial charge in [0.2, 0.25) is 5.58 Å². The van der Waals surface area contributed by atoms with Gasteiger partial charge in [-0.3, -0.25) is 0 Å². The summed E-state index contributed by atoms with van der Waals surface area (Å²) in [5.41, 5.74) is 12.9. The van der Waals surface area contributed by atoms with Crippen molar-refractivity contribution in [3.8, 4) is 6.07 Å². The minimum atomic E-state index is 0.165. The van der Waals surface area contributed by atoms with Gasteiger partial charge in [0.05, 0.1) is 5.39 Å². The van der Waals surface area contributed by atoms with Crippen molar-refractivity contribution in [1.82, 2.24) is 10.1 Å². The normalized spacial score (nSPS) is 28.2. The number of fused-ring (bicyclic) bond motifs is 3. The van der Waals surface area contributed by atoms with Crippen LogP contribution in [0.2, 0.25) is 0 Å². The molecule has 2 aromatic heterocycles. The van der Waals surface area contributed by atoms with Crippen molar-refractivity contribution in [2.75, 3.05) is 17.2 Å². The molecule has 0 spiro atoms. The summed E-state index contributed by atoms with van der Waals surface area (Å²) in [5.74, 6) is 1.42. The molecule has 0 aromatic carbocycles. The lowest BCUT2D eigenvalue weighted by atomic mass is 10.1. The Hall–Kier alpha value is -2.33. The predicted molar refractivity (Wildman–Crippen MR) is 72.8 cm³/mol. The van der Waals surface area contributed by atoms with Gasteiger partial charge in [0.25, 0.3) is 0 Å². The lowest BCUT2D eigenvalue weighted by Gasteiger charge is -2.27. The molecule has 0 amide bonds. The average Bonchev–Trinajstić information content (AvgIpc) is 3.12. The van der Waals surface area contributed by atoms with Crippen LogP contribution in [-0.4, -0.2) is 28.8 Å². The van der Waals surface area contributed by atoms with Crippen LogP contribution in [0.1, 0.15) is 18.5 Å². The molecule has 2 aromatic rings. The quantitative estimate of drug-likeness (QED) is 0.779. The Morgan fingerprint density at radius 1 is 1.45 bits per heavy atom. The summed E-state index contributed by atoms with van der Waals surface area (Å²) < 4.78 is 5.31. The van der Waals surface area contributed by atoms with Crippen LogP contribution < -0.4 is 16.4 Å². The number of nitriles is 1. The van der Waals surface area contributed by atoms with E-state index in [-0.39, 0.29) is 17.9 Å². The molecule has 102 valence electrons. The Morgan fingerprint density at radius 3 is 2.95 bits per heavy atom. The molecule has 1 aliphatic carbocycles. The molecule has 1 saturated carbocycles. The Morgan fingerprint density at radius 2 is 2.30 bits per heavy atom. The lowest BCUT2D eigenvalue weighted by molar-refractivity contribution is 0.457. The van der Waals surface area contributed by atoms with Gasteiger partial charge in [-0.2, -0.15) is 5.26 Å². The largest absolute Gasteiger partial charge is 0.380 e. The number of nitrogen functional groups attached to an aromatic ring is 1. The number of pyridine rings is 1. The van der Waals surface area contributed by atoms with Gasteiger partial charge in [-0.1, -0.05) is 5.16 Å². The van der Waals surface area contributed by atoms with Crippen molar-refractivity contribution in [3.63, 3.8) is 0 Å². The molecular formula is C13H14N6O. The summed E-state index contributed by atoms with van der Waals surface area (Å²) in [7, 11) is 0. The van der Waals surface area contributed by atoms with Gasteiger partial charge < -0.3 is 20.9 Å². The Kier molecular flexibility index (Phi) is 2.20. The molecule has 7 nitrogen and oxygen atoms in total. The van der Waals surface area contributed by atoms with Crippen LogP contribution >= 0.6 is 0 Å². The second-order valence-electron chi connectivity index (χ2n) is 5.52. The molecule has 20 heavy (non-hydrogen) atoms. The van der Waals surface area contributed by atoms with E-state index in [1.165, 1.54) is 0 Å². The van der Waals surface area contributed by atoms with Gasteiger partial charge in [0.1, 0.15) is 11.8 Å². The number of hydrogen-bond acceptors (Lipinski definition) is 7. The van der Waals surface area contributed by atoms with Gasteiger partial charge in [0, 0.05) is 18.6 Å². The maximum atomic E-state index is 9.13. The minimum Gasteiger partial charge on any atom is -0.380 e. The first-order valence-corrected chi connectivity index (χ1v) is 6.67. The fraction of sp³-hybridized carbons (Fsp3) is 0.462. The molecule has 1 saturated heterocycles. The molecule has 1 aliphatic heterocycles. The fourth-order valence-corrected chi connectivity index (χ4v) is 3.49. The molecule has 2 bridgehead atoms. The maximum Gasteiger partial charge on any atom is 0.211 e. The van der Waals surface area contributed by atoms with E-state index in [0.717, 1.165) is 19.4 Å². The number of piperidine rings is 1. The highest BCUT2D eigenvalue weighted by molar-refractivity contribution is 5.95. The molecule has 2 fully saturated rings. The van der Waals surface area contributed by atoms with E-state index in [9.17, 15) is 0 Å². The first kappa shape index (κ1) is 11.5. The van der Waals surface area contributed by atoms with Gasteiger partial charge in [0.15, 0.2) is 11.6 Å². The highest BCUT2D eigenvalue weighted by atomic mass is 16.5. The molecule has 0 radical (unpaired) electrons. The standard InChI is InChI=1S/C13H14N6O/c14-4-7-3-8-11(20-18-12(8)16)13(17-7)19-5-6-1-2-9(19)10(6)15/h3,6,9-10H,1-2,5,15H2,(H2,16,18). The van der Waals surface area contributed by atoms with E-state index < -0.39 is 0 Å². The third kappa shape index (κ3) is 1.37. The summed E-state index contributed by atoms with van der Waals surface area (Å²) in [6, 6.07) is 4.10. The molecular weight excluding hydrogens is 256 g/mol. The van der Waals surface area contributed by atoms with E-state index in [2.05, 4.69) is 21.1 Å². The number of rotatable bonds is 1. The van der Waals surface area contributed by atoms with Crippen molar-refractivity contribution in [1.29, 1.82) is 5.26 Å². The second-order valence-corrected chi connectivity index (χ2v) is 5.52. The number of aromatic nitrogens is 2. The van der Waals surface area contributed by atoms with E-state index in [0.29, 0.717) is 28.4 Å². The predicted octanol–water partition coefficient (Wildman–Crippen LogP) is 0.603. The van der Waals surface area contributed by atoms with Crippen LogP contribution in [0.3, 0.4) is 0 Å². The number of nitrogens with two attached hydrogens (primary N) is 2. The summed E-state index contributed by atoms with van der Waals surface area (Å²) >= 11 is 0. The zero-order valence-electron chi connectivity index (χ0n) is 10.8. The first-order valence-electron chi connectivity index (χ1n) is 6.67. The van der Waals surface area contributed by atoms with Crippen molar-refractivity contribution >= 4 is 22.6 Å². The smallest absolute Gasteiger partial charge is 0.211 e. The third-order valence-electron chi connectivity index (χ3n) is 4.51. The maximum absolute atomic E-state index is 9.13. The number of nitrogens with zero attached hydrogens (tertiary/aromatic N) is 4. The van der Waals surface area contributed by atoms with E-state index >= 15 is 0 Å². The van der Waals surface area contributed by atoms with E-state index in [1.54, 1.807) is 6.07 Å². The Bertz CT molecular complexity index is 732. The van der Waals surface area contributed by atoms with Crippen molar-refractivity contribution in [3.05, 3.63) is 11.8 Å². The van der Waals surface area contributed by atoms with Crippen LogP contribution in [0.15, 0.2) is 10.6 Å². The van der Waals surface area contributed by atoms with Crippen molar-refractivity contribution < 1.29 is 4.52 Å². The fourth-order valence-electron chi connectivity index (χ4n) is 3.49. The van der Waals surface area contributed by atoms with Gasteiger partial charge in [-0.05, 0) is 24.8 Å². The van der Waals surface area contributed by atoms with Gasteiger partial charge in [-0.15, -0.1) is 0 Å². The topological polar surface area (TPSA) is 118 Å². The van der Waals surface area contributed by atoms with E-state index in [1.807, 2.05) is 0 Å². The Labute approximate surface area is 115 Å². The first-order chi connectivity index (χ1) is 9.69. The zero-order valence-corrected chi connectivity index (χ0v) is 10.8. The lowest BCUT2D eigenvalue weighted by Crippen LogP contribution is -2.38. The summed E-state index contributed by atoms with van der Waals surface area (Å²) in [6.45, 7) is 0.851. The van der Waals surface area contributed by atoms with Crippen LogP contribution in [0, 0.1) is 17.2 Å². The van der Waals surface area contributed by atoms with E-state index in [4.69, 9.17) is 21.3 Å². The highest BCUT2D eigenvalue weighted by Crippen LogP contribution is 2.41. The van der Waals surface area contributed by atoms with Crippen molar-refractivity contribution in [2.45, 2.75) is 24.9 Å². The molecule has 3 heterocycles. The molecule has 7 heteroatoms. The third-order valence-corrected chi connectivity index (χ3v) is 4.51. The van der Waals surface area contributed by atoms with Crippen LogP contribution in [0.4, 0.5) is 11.6 Å². The van der Waals surface area contributed by atoms with Gasteiger partial charge >= 0.3 is 0 Å². The summed E-state index contributed by atoms with van der Waals surface area (Å²) in [6.07, 6.45) is 2.21. The summed E-state index contributed by atoms with van der Waals surface area (Å²) in [5, 5.41) is 13.6. The average molecular weight is 270 g/mol. The number of anilines is 2. The van der Waals surface area contributed by atoms with Crippen LogP contribution in [0.25, 0.3) is 11.0 Å². The van der Waals surface area contributed by atoms with Crippen LogP contribution in [-0.2, 0) is 0 Å². The SMILES string of the molecule is N#Cc1cc2c(N)noc2c(N2CC3CCC2C3N)n1. The second kappa shape index (κ2) is 3.84. The number of hydrogen-bond donors (Lipinski definition) is 2. The molecule has 4 rings (SSSR count). The van der Waals surface area contributed by atoms with Crippen molar-refractivity contribution in [2.24, 2.45) is 11.7 Å². The highest BCUT2D eigenvalue weighted by Gasteiger charge is 2.46. The molecule has 2 aliphatic rings. The van der Waals surface area contributed by atoms with Crippen LogP contribution in [0.5, 0.6) is 0 Å². The Balaban J connectivity index is 1.90. The monoisotopic (exact) mass is 270 g/mol. The molecule has 4 N–H and O–H groups in total.